The fourth-order valence-electron chi connectivity index (χ4n) is 8.20. The van der Waals surface area contributed by atoms with E-state index in [4.69, 9.17) is 28.5 Å². The molecule has 0 aliphatic carbocycles. The zero-order valence-electron chi connectivity index (χ0n) is 37.8. The third kappa shape index (κ3) is 12.5. The Bertz CT molecular complexity index is 2250. The van der Waals surface area contributed by atoms with E-state index in [1.54, 1.807) is 5.06 Å². The number of hydrogen-bond donors (Lipinski definition) is 0. The number of hydrogen-bond acceptors (Lipinski definition) is 8. The quantitative estimate of drug-likeness (QED) is 0.0278. The molecular formula is C54H63NO7Si. The predicted octanol–water partition coefficient (Wildman–Crippen LogP) is 12.3. The summed E-state index contributed by atoms with van der Waals surface area (Å²) in [7, 11) is -1.21. The summed E-state index contributed by atoms with van der Waals surface area (Å²) in [6, 6.07) is 53.8. The fourth-order valence-corrected chi connectivity index (χ4v) is 8.96. The van der Waals surface area contributed by atoms with Crippen molar-refractivity contribution in [2.45, 2.75) is 89.1 Å². The zero-order valence-corrected chi connectivity index (χ0v) is 38.8. The number of carbonyl (C=O) groups is 1. The van der Waals surface area contributed by atoms with Crippen LogP contribution in [-0.2, 0) is 42.4 Å². The van der Waals surface area contributed by atoms with E-state index in [1.807, 2.05) is 51.1 Å². The summed E-state index contributed by atoms with van der Waals surface area (Å²) < 4.78 is 31.5. The van der Waals surface area contributed by atoms with Crippen LogP contribution in [0.3, 0.4) is 0 Å². The third-order valence-electron chi connectivity index (χ3n) is 11.4. The van der Waals surface area contributed by atoms with Crippen molar-refractivity contribution in [2.24, 2.45) is 0 Å². The van der Waals surface area contributed by atoms with Crippen LogP contribution in [0, 0.1) is 0 Å². The predicted molar refractivity (Wildman–Crippen MR) is 254 cm³/mol. The minimum absolute atomic E-state index is 0.0617. The zero-order chi connectivity index (χ0) is 44.3. The van der Waals surface area contributed by atoms with E-state index in [0.717, 1.165) is 57.7 Å². The van der Waals surface area contributed by atoms with Crippen LogP contribution < -0.4 is 4.74 Å². The first-order valence-electron chi connectivity index (χ1n) is 22.3. The molecule has 1 heterocycles. The molecule has 8 nitrogen and oxygen atoms in total. The Morgan fingerprint density at radius 3 is 1.92 bits per heavy atom. The first kappa shape index (κ1) is 45.7. The highest BCUT2D eigenvalue weighted by Gasteiger charge is 2.38. The Kier molecular flexibility index (Phi) is 15.2. The van der Waals surface area contributed by atoms with Gasteiger partial charge >= 0.3 is 6.16 Å². The van der Waals surface area contributed by atoms with Gasteiger partial charge in [-0.25, -0.2) is 4.79 Å². The molecule has 1 fully saturated rings. The van der Waals surface area contributed by atoms with Crippen LogP contribution in [0.1, 0.15) is 66.5 Å². The Labute approximate surface area is 375 Å². The van der Waals surface area contributed by atoms with Crippen molar-refractivity contribution in [1.82, 2.24) is 5.06 Å². The molecule has 63 heavy (non-hydrogen) atoms. The van der Waals surface area contributed by atoms with Crippen LogP contribution in [0.2, 0.25) is 25.7 Å². The van der Waals surface area contributed by atoms with Gasteiger partial charge < -0.3 is 28.5 Å². The van der Waals surface area contributed by atoms with Crippen molar-refractivity contribution >= 4 is 25.0 Å². The van der Waals surface area contributed by atoms with Gasteiger partial charge in [0.05, 0.1) is 25.9 Å². The molecule has 330 valence electrons. The van der Waals surface area contributed by atoms with Crippen molar-refractivity contribution in [3.8, 4) is 5.75 Å². The maximum absolute atomic E-state index is 12.8. The van der Waals surface area contributed by atoms with E-state index < -0.39 is 25.4 Å². The van der Waals surface area contributed by atoms with Gasteiger partial charge in [-0.2, -0.15) is 0 Å². The minimum atomic E-state index is -1.21. The number of nitrogens with zero attached hydrogens (tertiary/aromatic N) is 1. The molecule has 0 spiro atoms. The first-order chi connectivity index (χ1) is 30.4. The Morgan fingerprint density at radius 2 is 1.32 bits per heavy atom. The van der Waals surface area contributed by atoms with E-state index >= 15 is 0 Å². The minimum Gasteiger partial charge on any atom is -0.467 e. The Balaban J connectivity index is 1.07. The van der Waals surface area contributed by atoms with E-state index in [1.165, 1.54) is 11.1 Å². The highest BCUT2D eigenvalue weighted by Crippen LogP contribution is 2.41. The maximum Gasteiger partial charge on any atom is 0.528 e. The van der Waals surface area contributed by atoms with Crippen LogP contribution in [0.15, 0.2) is 152 Å². The Hall–Kier alpha value is -5.29. The normalized spacial score (nSPS) is 16.2. The largest absolute Gasteiger partial charge is 0.528 e. The second-order valence-electron chi connectivity index (χ2n) is 18.6. The molecule has 0 bridgehead atoms. The molecule has 6 aromatic rings. The summed E-state index contributed by atoms with van der Waals surface area (Å²) in [4.78, 5) is 18.5. The van der Waals surface area contributed by atoms with Crippen molar-refractivity contribution in [3.05, 3.63) is 185 Å². The van der Waals surface area contributed by atoms with Crippen molar-refractivity contribution in [1.29, 1.82) is 0 Å². The number of piperidine rings is 1. The monoisotopic (exact) mass is 865 g/mol. The van der Waals surface area contributed by atoms with Crippen LogP contribution >= 0.6 is 0 Å². The fraction of sp³-hybridized carbons (Fsp3) is 0.352. The molecule has 0 N–H and O–H groups in total. The van der Waals surface area contributed by atoms with Gasteiger partial charge in [0.25, 0.3) is 0 Å². The van der Waals surface area contributed by atoms with E-state index in [2.05, 4.69) is 141 Å². The molecule has 2 atom stereocenters. The lowest BCUT2D eigenvalue weighted by molar-refractivity contribution is -0.179. The highest BCUT2D eigenvalue weighted by atomic mass is 28.3. The van der Waals surface area contributed by atoms with Gasteiger partial charge in [0, 0.05) is 32.5 Å². The van der Waals surface area contributed by atoms with Crippen molar-refractivity contribution < 1.29 is 33.3 Å². The number of hydroxylamine groups is 2. The van der Waals surface area contributed by atoms with Gasteiger partial charge in [0.2, 0.25) is 0 Å². The van der Waals surface area contributed by atoms with Crippen LogP contribution in [-0.4, -0.2) is 64.1 Å². The molecule has 0 saturated carbocycles. The van der Waals surface area contributed by atoms with Crippen molar-refractivity contribution in [2.75, 3.05) is 33.1 Å². The van der Waals surface area contributed by atoms with Crippen molar-refractivity contribution in [3.63, 3.8) is 0 Å². The molecule has 7 rings (SSSR count). The molecule has 6 aromatic carbocycles. The van der Waals surface area contributed by atoms with Crippen LogP contribution in [0.5, 0.6) is 5.75 Å². The lowest BCUT2D eigenvalue weighted by atomic mass is 9.80. The number of benzene rings is 6. The summed E-state index contributed by atoms with van der Waals surface area (Å²) >= 11 is 0. The molecule has 2 unspecified atom stereocenters. The number of rotatable bonds is 18. The summed E-state index contributed by atoms with van der Waals surface area (Å²) in [5.41, 5.74) is 5.15. The summed E-state index contributed by atoms with van der Waals surface area (Å²) in [5, 5.41) is 3.77. The molecule has 0 radical (unpaired) electrons. The molecule has 9 heteroatoms. The van der Waals surface area contributed by atoms with Crippen LogP contribution in [0.4, 0.5) is 4.79 Å². The van der Waals surface area contributed by atoms with E-state index in [0.29, 0.717) is 32.9 Å². The van der Waals surface area contributed by atoms with Gasteiger partial charge in [-0.15, -0.1) is 5.06 Å². The highest BCUT2D eigenvalue weighted by molar-refractivity contribution is 6.76. The smallest absolute Gasteiger partial charge is 0.467 e. The van der Waals surface area contributed by atoms with Gasteiger partial charge in [-0.05, 0) is 90.6 Å². The summed E-state index contributed by atoms with van der Waals surface area (Å²) in [6.07, 6.45) is 0.460. The average Bonchev–Trinajstić information content (AvgIpc) is 3.27. The lowest BCUT2D eigenvalue weighted by Crippen LogP contribution is -2.45. The number of fused-ring (bicyclic) bond motifs is 1. The third-order valence-corrected chi connectivity index (χ3v) is 13.1. The molecule has 1 aliphatic rings. The van der Waals surface area contributed by atoms with Gasteiger partial charge in [-0.1, -0.05) is 159 Å². The van der Waals surface area contributed by atoms with E-state index in [-0.39, 0.29) is 18.8 Å². The summed E-state index contributed by atoms with van der Waals surface area (Å²) in [6.45, 7) is 15.2. The molecule has 0 amide bonds. The number of carbonyl (C=O) groups excluding carboxylic acids is 1. The average molecular weight is 866 g/mol. The Morgan fingerprint density at radius 1 is 0.714 bits per heavy atom. The van der Waals surface area contributed by atoms with Gasteiger partial charge in [0.15, 0.2) is 6.79 Å². The molecule has 1 aliphatic heterocycles. The molecule has 0 aromatic heterocycles. The number of ether oxygens (including phenoxy) is 5. The molecule has 1 saturated heterocycles. The maximum atomic E-state index is 12.8. The first-order valence-corrected chi connectivity index (χ1v) is 26.0. The topological polar surface area (TPSA) is 75.7 Å². The molecular weight excluding hydrogens is 803 g/mol. The van der Waals surface area contributed by atoms with E-state index in [9.17, 15) is 4.79 Å². The second-order valence-corrected chi connectivity index (χ2v) is 24.2. The van der Waals surface area contributed by atoms with Crippen LogP contribution in [0.25, 0.3) is 10.8 Å². The van der Waals surface area contributed by atoms with Gasteiger partial charge in [0.1, 0.15) is 17.0 Å². The summed E-state index contributed by atoms with van der Waals surface area (Å²) in [5.74, 6) is 0.828. The second kappa shape index (κ2) is 20.9. The standard InChI is InChI=1S/C54H63NO7Si/c1-53(2,3)61-52(56)62-55-32-30-49(51(38-55)58-39-42-36-44-18-16-17-25-48(44)50(37-42)59-40-57-34-35-63(4,5)6)43-28-26-41(27-29-43)31-33-60-54(45-19-10-7-11-20-45,46-21-12-8-13-22-46)47-23-14-9-15-24-47/h7-29,36-37,49,51H,30-35,38-40H2,1-6H3. The SMILES string of the molecule is CC(C)(C)OC(=O)ON1CCC(c2ccc(CCOC(c3ccccc3)(c3ccccc3)c3ccccc3)cc2)C(OCc2cc(OCOCC[Si](C)(C)C)c3ccccc3c2)C1. The lowest BCUT2D eigenvalue weighted by Gasteiger charge is -2.37. The van der Waals surface area contributed by atoms with Gasteiger partial charge in [-0.3, -0.25) is 0 Å².